The largest absolute Gasteiger partial charge is 0.485 e. The number of ether oxygens (including phenoxy) is 3. The van der Waals surface area contributed by atoms with E-state index in [9.17, 15) is 9.18 Å². The highest BCUT2D eigenvalue weighted by molar-refractivity contribution is 5.85. The van der Waals surface area contributed by atoms with Gasteiger partial charge >= 0.3 is 6.09 Å². The molecule has 2 heterocycles. The van der Waals surface area contributed by atoms with Gasteiger partial charge in [-0.3, -0.25) is 5.32 Å². The van der Waals surface area contributed by atoms with Crippen LogP contribution in [0.2, 0.25) is 0 Å². The Morgan fingerprint density at radius 3 is 2.62 bits per heavy atom. The number of carbonyl (C=O) groups excluding carboxylic acids is 1. The van der Waals surface area contributed by atoms with Crippen LogP contribution in [0.5, 0.6) is 5.75 Å². The molecule has 0 aliphatic rings. The van der Waals surface area contributed by atoms with Crippen LogP contribution in [0.4, 0.5) is 15.0 Å². The van der Waals surface area contributed by atoms with Crippen molar-refractivity contribution in [1.29, 1.82) is 0 Å². The Morgan fingerprint density at radius 1 is 1.15 bits per heavy atom. The molecule has 1 unspecified atom stereocenters. The first-order chi connectivity index (χ1) is 16.3. The maximum atomic E-state index is 13.4. The molecule has 34 heavy (non-hydrogen) atoms. The van der Waals surface area contributed by atoms with Crippen LogP contribution < -0.4 is 10.1 Å². The first-order valence-corrected chi connectivity index (χ1v) is 11.4. The predicted octanol–water partition coefficient (Wildman–Crippen LogP) is 6.18. The number of hydrogen-bond donors (Lipinski definition) is 1. The third kappa shape index (κ3) is 7.66. The van der Waals surface area contributed by atoms with E-state index in [2.05, 4.69) is 17.2 Å². The van der Waals surface area contributed by atoms with Gasteiger partial charge in [0.25, 0.3) is 0 Å². The van der Waals surface area contributed by atoms with E-state index in [0.29, 0.717) is 23.9 Å². The Bertz CT molecular complexity index is 1080. The van der Waals surface area contributed by atoms with Crippen molar-refractivity contribution in [2.24, 2.45) is 0 Å². The molecule has 2 aromatic heterocycles. The molecule has 0 saturated carbocycles. The van der Waals surface area contributed by atoms with Crippen molar-refractivity contribution >= 4 is 22.8 Å². The lowest BCUT2D eigenvalue weighted by molar-refractivity contribution is 0.0367. The maximum absolute atomic E-state index is 13.4. The van der Waals surface area contributed by atoms with Gasteiger partial charge in [-0.2, -0.15) is 0 Å². The summed E-state index contributed by atoms with van der Waals surface area (Å²) in [4.78, 5) is 20.9. The zero-order valence-corrected chi connectivity index (χ0v) is 20.1. The Hall–Kier alpha value is -3.26. The highest BCUT2D eigenvalue weighted by Crippen LogP contribution is 2.25. The second kappa shape index (κ2) is 11.7. The molecule has 3 rings (SSSR count). The number of amides is 1. The minimum absolute atomic E-state index is 0.206. The van der Waals surface area contributed by atoms with Crippen molar-refractivity contribution in [3.63, 3.8) is 0 Å². The number of anilines is 1. The van der Waals surface area contributed by atoms with E-state index in [4.69, 9.17) is 19.2 Å². The topological polar surface area (TPSA) is 82.6 Å². The number of carbonyl (C=O) groups is 1. The average Bonchev–Trinajstić information content (AvgIpc) is 2.80. The summed E-state index contributed by atoms with van der Waals surface area (Å²) in [5, 5.41) is 3.54. The molecule has 0 aliphatic heterocycles. The molecular formula is C26H32FN3O4. The first-order valence-electron chi connectivity index (χ1n) is 11.4. The Kier molecular flexibility index (Phi) is 8.76. The molecule has 1 atom stereocenters. The number of hydrogen-bond acceptors (Lipinski definition) is 6. The second-order valence-electron chi connectivity index (χ2n) is 8.93. The molecule has 0 radical (unpaired) electrons. The van der Waals surface area contributed by atoms with Crippen LogP contribution in [0.3, 0.4) is 0 Å². The van der Waals surface area contributed by atoms with Crippen LogP contribution in [0.1, 0.15) is 40.5 Å². The van der Waals surface area contributed by atoms with Crippen molar-refractivity contribution in [2.45, 2.75) is 52.2 Å². The van der Waals surface area contributed by atoms with Crippen molar-refractivity contribution in [3.8, 4) is 17.0 Å². The first kappa shape index (κ1) is 25.4. The summed E-state index contributed by atoms with van der Waals surface area (Å²) in [6.07, 6.45) is 2.37. The third-order valence-electron chi connectivity index (χ3n) is 4.77. The summed E-state index contributed by atoms with van der Waals surface area (Å²) in [6, 6.07) is 12.8. The third-order valence-corrected chi connectivity index (χ3v) is 4.77. The van der Waals surface area contributed by atoms with Crippen LogP contribution in [-0.2, 0) is 9.47 Å². The van der Waals surface area contributed by atoms with Crippen molar-refractivity contribution < 1.29 is 23.4 Å². The van der Waals surface area contributed by atoms with Gasteiger partial charge in [-0.25, -0.2) is 19.2 Å². The van der Waals surface area contributed by atoms with Crippen LogP contribution in [0.25, 0.3) is 22.2 Å². The molecule has 0 saturated heterocycles. The lowest BCUT2D eigenvalue weighted by atomic mass is 10.1. The zero-order valence-electron chi connectivity index (χ0n) is 20.1. The average molecular weight is 470 g/mol. The van der Waals surface area contributed by atoms with Crippen molar-refractivity contribution in [2.75, 3.05) is 25.2 Å². The lowest BCUT2D eigenvalue weighted by Gasteiger charge is -2.19. The number of halogens is 1. The van der Waals surface area contributed by atoms with Gasteiger partial charge in [0, 0.05) is 29.8 Å². The molecule has 0 fully saturated rings. The summed E-state index contributed by atoms with van der Waals surface area (Å²) >= 11 is 0. The Balaban J connectivity index is 1.69. The Labute approximate surface area is 199 Å². The highest BCUT2D eigenvalue weighted by atomic mass is 19.1. The van der Waals surface area contributed by atoms with Gasteiger partial charge in [0.05, 0.1) is 17.8 Å². The fourth-order valence-electron chi connectivity index (χ4n) is 3.12. The Morgan fingerprint density at radius 2 is 1.94 bits per heavy atom. The number of unbranched alkanes of at least 4 members (excludes halogenated alkanes) is 1. The van der Waals surface area contributed by atoms with Gasteiger partial charge < -0.3 is 14.2 Å². The number of nitrogens with one attached hydrogen (secondary N) is 1. The molecule has 7 nitrogen and oxygen atoms in total. The number of rotatable bonds is 10. The summed E-state index contributed by atoms with van der Waals surface area (Å²) in [5.74, 6) is 0.918. The molecule has 1 aromatic carbocycles. The molecule has 3 aromatic rings. The minimum atomic E-state index is -0.660. The van der Waals surface area contributed by atoms with Crippen LogP contribution in [-0.4, -0.2) is 47.7 Å². The van der Waals surface area contributed by atoms with E-state index in [0.717, 1.165) is 29.3 Å². The SMILES string of the molecule is CCCCOCC(CF)Oc1ccc2ccc(-c3ccc(NC(=O)OC(C)(C)C)nc3)nc2c1. The quantitative estimate of drug-likeness (QED) is 0.357. The molecule has 8 heteroatoms. The zero-order chi connectivity index (χ0) is 24.6. The van der Waals surface area contributed by atoms with Gasteiger partial charge in [0.15, 0.2) is 6.10 Å². The lowest BCUT2D eigenvalue weighted by Crippen LogP contribution is -2.27. The molecule has 0 aliphatic carbocycles. The fraction of sp³-hybridized carbons (Fsp3) is 0.423. The summed E-state index contributed by atoms with van der Waals surface area (Å²) in [6.45, 7) is 7.63. The smallest absolute Gasteiger partial charge is 0.413 e. The van der Waals surface area contributed by atoms with Gasteiger partial charge in [-0.05, 0) is 57.5 Å². The molecule has 1 N–H and O–H groups in total. The van der Waals surface area contributed by atoms with Crippen LogP contribution in [0, 0.1) is 0 Å². The normalized spacial score (nSPS) is 12.4. The summed E-state index contributed by atoms with van der Waals surface area (Å²) < 4.78 is 29.9. The van der Waals surface area contributed by atoms with Gasteiger partial charge in [-0.15, -0.1) is 0 Å². The van der Waals surface area contributed by atoms with E-state index >= 15 is 0 Å². The molecule has 0 spiro atoms. The van der Waals surface area contributed by atoms with E-state index in [1.54, 1.807) is 45.2 Å². The van der Waals surface area contributed by atoms with Gasteiger partial charge in [0.2, 0.25) is 0 Å². The number of alkyl halides is 1. The number of pyridine rings is 2. The monoisotopic (exact) mass is 469 g/mol. The van der Waals surface area contributed by atoms with E-state index in [1.165, 1.54) is 0 Å². The standard InChI is InChI=1S/C26H32FN3O4/c1-5-6-13-32-17-21(15-27)33-20-10-7-18-8-11-22(29-23(18)14-20)19-9-12-24(28-16-19)30-25(31)34-26(2,3)4/h7-12,14,16,21H,5-6,13,15,17H2,1-4H3,(H,28,30,31). The summed E-state index contributed by atoms with van der Waals surface area (Å²) in [7, 11) is 0. The number of benzene rings is 1. The number of nitrogens with zero attached hydrogens (tertiary/aromatic N) is 2. The van der Waals surface area contributed by atoms with Crippen molar-refractivity contribution in [3.05, 3.63) is 48.7 Å². The fourth-order valence-corrected chi connectivity index (χ4v) is 3.12. The van der Waals surface area contributed by atoms with E-state index in [-0.39, 0.29) is 6.61 Å². The molecule has 182 valence electrons. The van der Waals surface area contributed by atoms with Gasteiger partial charge in [-0.1, -0.05) is 19.4 Å². The molecule has 0 bridgehead atoms. The number of aromatic nitrogens is 2. The van der Waals surface area contributed by atoms with Gasteiger partial charge in [0.1, 0.15) is 23.8 Å². The summed E-state index contributed by atoms with van der Waals surface area (Å²) in [5.41, 5.74) is 1.63. The number of fused-ring (bicyclic) bond motifs is 1. The van der Waals surface area contributed by atoms with E-state index in [1.807, 2.05) is 24.3 Å². The second-order valence-corrected chi connectivity index (χ2v) is 8.93. The highest BCUT2D eigenvalue weighted by Gasteiger charge is 2.16. The van der Waals surface area contributed by atoms with Crippen LogP contribution in [0.15, 0.2) is 48.7 Å². The van der Waals surface area contributed by atoms with Crippen molar-refractivity contribution in [1.82, 2.24) is 9.97 Å². The maximum Gasteiger partial charge on any atom is 0.413 e. The predicted molar refractivity (Wildman–Crippen MR) is 131 cm³/mol. The van der Waals surface area contributed by atoms with E-state index < -0.39 is 24.5 Å². The molecular weight excluding hydrogens is 437 g/mol. The van der Waals surface area contributed by atoms with Crippen LogP contribution >= 0.6 is 0 Å². The minimum Gasteiger partial charge on any atom is -0.485 e. The molecule has 1 amide bonds.